The highest BCUT2D eigenvalue weighted by molar-refractivity contribution is 5.94. The normalized spacial score (nSPS) is 17.0. The van der Waals surface area contributed by atoms with Crippen molar-refractivity contribution in [1.82, 2.24) is 10.2 Å². The van der Waals surface area contributed by atoms with Gasteiger partial charge >= 0.3 is 6.09 Å². The molecule has 1 aliphatic heterocycles. The van der Waals surface area contributed by atoms with Crippen LogP contribution in [0.1, 0.15) is 26.7 Å². The molecule has 2 N–H and O–H groups in total. The third-order valence-corrected chi connectivity index (χ3v) is 4.24. The van der Waals surface area contributed by atoms with Crippen LogP contribution in [-0.4, -0.2) is 48.7 Å². The summed E-state index contributed by atoms with van der Waals surface area (Å²) in [4.78, 5) is 25.7. The molecule has 1 heterocycles. The van der Waals surface area contributed by atoms with Crippen LogP contribution in [0.5, 0.6) is 0 Å². The van der Waals surface area contributed by atoms with E-state index in [1.54, 1.807) is 13.8 Å². The molecule has 6 nitrogen and oxygen atoms in total. The van der Waals surface area contributed by atoms with Gasteiger partial charge in [0.1, 0.15) is 0 Å². The molecule has 0 unspecified atom stereocenters. The maximum absolute atomic E-state index is 13.2. The molecule has 0 spiro atoms. The van der Waals surface area contributed by atoms with E-state index in [9.17, 15) is 18.4 Å². The minimum Gasteiger partial charge on any atom is -0.450 e. The minimum absolute atomic E-state index is 0.0248. The summed E-state index contributed by atoms with van der Waals surface area (Å²) in [6, 6.07) is 2.85. The number of nitrogens with zero attached hydrogens (tertiary/aromatic N) is 1. The lowest BCUT2D eigenvalue weighted by atomic mass is 10.0. The van der Waals surface area contributed by atoms with Crippen LogP contribution >= 0.6 is 0 Å². The van der Waals surface area contributed by atoms with E-state index in [2.05, 4.69) is 10.6 Å². The zero-order chi connectivity index (χ0) is 18.4. The molecule has 1 atom stereocenters. The molecule has 2 amide bonds. The molecule has 0 saturated carbocycles. The number of hydrogen-bond acceptors (Lipinski definition) is 4. The number of carbonyl (C=O) groups is 2. The smallest absolute Gasteiger partial charge is 0.407 e. The highest BCUT2D eigenvalue weighted by Gasteiger charge is 2.27. The molecule has 1 saturated heterocycles. The highest BCUT2D eigenvalue weighted by Crippen LogP contribution is 2.17. The molecule has 1 aromatic rings. The third-order valence-electron chi connectivity index (χ3n) is 4.24. The number of benzene rings is 1. The number of ether oxygens (including phenoxy) is 1. The zero-order valence-electron chi connectivity index (χ0n) is 14.4. The van der Waals surface area contributed by atoms with Crippen molar-refractivity contribution in [3.8, 4) is 0 Å². The van der Waals surface area contributed by atoms with Gasteiger partial charge in [-0.3, -0.25) is 9.69 Å². The number of likely N-dealkylation sites (tertiary alicyclic amines) is 1. The van der Waals surface area contributed by atoms with Gasteiger partial charge in [0.25, 0.3) is 0 Å². The Hall–Kier alpha value is -2.22. The minimum atomic E-state index is -1.00. The van der Waals surface area contributed by atoms with Crippen LogP contribution in [0.25, 0.3) is 0 Å². The van der Waals surface area contributed by atoms with Crippen molar-refractivity contribution in [3.05, 3.63) is 29.8 Å². The lowest BCUT2D eigenvalue weighted by Gasteiger charge is -2.35. The summed E-state index contributed by atoms with van der Waals surface area (Å²) in [7, 11) is 0. The lowest BCUT2D eigenvalue weighted by molar-refractivity contribution is -0.121. The molecule has 1 aromatic carbocycles. The monoisotopic (exact) mass is 355 g/mol. The van der Waals surface area contributed by atoms with Gasteiger partial charge in [-0.25, -0.2) is 13.6 Å². The first kappa shape index (κ1) is 19.1. The van der Waals surface area contributed by atoms with Gasteiger partial charge in [0.15, 0.2) is 11.6 Å². The van der Waals surface area contributed by atoms with Gasteiger partial charge in [-0.05, 0) is 38.8 Å². The maximum atomic E-state index is 13.2. The number of carbonyl (C=O) groups excluding carboxylic acids is 2. The van der Waals surface area contributed by atoms with Gasteiger partial charge in [-0.2, -0.15) is 0 Å². The number of amides is 2. The SMILES string of the molecule is CCOC(=O)NC1CCN([C@H](C)C(=O)Nc2ccc(F)c(F)c2)CC1. The molecule has 2 rings (SSSR count). The van der Waals surface area contributed by atoms with Crippen molar-refractivity contribution in [2.45, 2.75) is 38.8 Å². The van der Waals surface area contributed by atoms with E-state index in [-0.39, 0.29) is 17.6 Å². The molecular formula is C17H23F2N3O3. The summed E-state index contributed by atoms with van der Waals surface area (Å²) in [5, 5.41) is 5.38. The summed E-state index contributed by atoms with van der Waals surface area (Å²) < 4.78 is 31.0. The first-order valence-corrected chi connectivity index (χ1v) is 8.34. The van der Waals surface area contributed by atoms with E-state index in [0.717, 1.165) is 12.1 Å². The van der Waals surface area contributed by atoms with Gasteiger partial charge in [0.05, 0.1) is 12.6 Å². The summed E-state index contributed by atoms with van der Waals surface area (Å²) >= 11 is 0. The van der Waals surface area contributed by atoms with Crippen molar-refractivity contribution in [2.75, 3.05) is 25.0 Å². The van der Waals surface area contributed by atoms with E-state index >= 15 is 0 Å². The molecule has 0 bridgehead atoms. The van der Waals surface area contributed by atoms with Gasteiger partial charge in [-0.1, -0.05) is 0 Å². The molecule has 0 aromatic heterocycles. The van der Waals surface area contributed by atoms with E-state index in [1.165, 1.54) is 6.07 Å². The zero-order valence-corrected chi connectivity index (χ0v) is 14.4. The molecule has 25 heavy (non-hydrogen) atoms. The number of rotatable bonds is 5. The number of halogens is 2. The highest BCUT2D eigenvalue weighted by atomic mass is 19.2. The van der Waals surface area contributed by atoms with Crippen molar-refractivity contribution >= 4 is 17.7 Å². The number of nitrogens with one attached hydrogen (secondary N) is 2. The fraction of sp³-hybridized carbons (Fsp3) is 0.529. The quantitative estimate of drug-likeness (QED) is 0.851. The van der Waals surface area contributed by atoms with Crippen LogP contribution in [-0.2, 0) is 9.53 Å². The lowest BCUT2D eigenvalue weighted by Crippen LogP contribution is -2.50. The first-order valence-electron chi connectivity index (χ1n) is 8.34. The van der Waals surface area contributed by atoms with E-state index < -0.39 is 23.8 Å². The Morgan fingerprint density at radius 2 is 1.96 bits per heavy atom. The van der Waals surface area contributed by atoms with E-state index in [0.29, 0.717) is 32.5 Å². The molecule has 0 aliphatic carbocycles. The standard InChI is InChI=1S/C17H23F2N3O3/c1-3-25-17(24)21-12-6-8-22(9-7-12)11(2)16(23)20-13-4-5-14(18)15(19)10-13/h4-5,10-12H,3,6-9H2,1-2H3,(H,20,23)(H,21,24)/t11-/m1/s1. The van der Waals surface area contributed by atoms with Crippen LogP contribution in [0.15, 0.2) is 18.2 Å². The number of hydrogen-bond donors (Lipinski definition) is 2. The predicted octanol–water partition coefficient (Wildman–Crippen LogP) is 2.50. The Labute approximate surface area is 145 Å². The van der Waals surface area contributed by atoms with Crippen molar-refractivity contribution in [2.24, 2.45) is 0 Å². The molecular weight excluding hydrogens is 332 g/mol. The van der Waals surface area contributed by atoms with Crippen LogP contribution < -0.4 is 10.6 Å². The summed E-state index contributed by atoms with van der Waals surface area (Å²) in [6.07, 6.45) is 0.994. The Morgan fingerprint density at radius 3 is 2.56 bits per heavy atom. The Morgan fingerprint density at radius 1 is 1.28 bits per heavy atom. The van der Waals surface area contributed by atoms with Crippen LogP contribution in [0.2, 0.25) is 0 Å². The second-order valence-corrected chi connectivity index (χ2v) is 5.97. The summed E-state index contributed by atoms with van der Waals surface area (Å²) in [5.74, 6) is -2.25. The molecule has 1 fully saturated rings. The predicted molar refractivity (Wildman–Crippen MR) is 89.2 cm³/mol. The number of piperidine rings is 1. The van der Waals surface area contributed by atoms with Crippen molar-refractivity contribution < 1.29 is 23.1 Å². The number of anilines is 1. The van der Waals surface area contributed by atoms with E-state index in [1.807, 2.05) is 4.90 Å². The maximum Gasteiger partial charge on any atom is 0.407 e. The van der Waals surface area contributed by atoms with Gasteiger partial charge in [-0.15, -0.1) is 0 Å². The summed E-state index contributed by atoms with van der Waals surface area (Å²) in [5.41, 5.74) is 0.217. The molecule has 8 heteroatoms. The van der Waals surface area contributed by atoms with Gasteiger partial charge in [0, 0.05) is 30.9 Å². The second kappa shape index (κ2) is 8.75. The third kappa shape index (κ3) is 5.38. The van der Waals surface area contributed by atoms with Crippen LogP contribution in [0.4, 0.5) is 19.3 Å². The number of alkyl carbamates (subject to hydrolysis) is 1. The summed E-state index contributed by atoms with van der Waals surface area (Å²) in [6.45, 7) is 5.11. The fourth-order valence-corrected chi connectivity index (χ4v) is 2.76. The molecule has 0 radical (unpaired) electrons. The van der Waals surface area contributed by atoms with Gasteiger partial charge < -0.3 is 15.4 Å². The Kier molecular flexibility index (Phi) is 6.69. The first-order chi connectivity index (χ1) is 11.9. The van der Waals surface area contributed by atoms with Crippen molar-refractivity contribution in [1.29, 1.82) is 0 Å². The Balaban J connectivity index is 1.82. The van der Waals surface area contributed by atoms with Crippen LogP contribution in [0.3, 0.4) is 0 Å². The van der Waals surface area contributed by atoms with Crippen LogP contribution in [0, 0.1) is 11.6 Å². The van der Waals surface area contributed by atoms with E-state index in [4.69, 9.17) is 4.74 Å². The topological polar surface area (TPSA) is 70.7 Å². The largest absolute Gasteiger partial charge is 0.450 e. The fourth-order valence-electron chi connectivity index (χ4n) is 2.76. The Bertz CT molecular complexity index is 619. The van der Waals surface area contributed by atoms with Gasteiger partial charge in [0.2, 0.25) is 5.91 Å². The average molecular weight is 355 g/mol. The second-order valence-electron chi connectivity index (χ2n) is 5.97. The average Bonchev–Trinajstić information content (AvgIpc) is 2.58. The molecule has 1 aliphatic rings. The van der Waals surface area contributed by atoms with Crippen molar-refractivity contribution in [3.63, 3.8) is 0 Å². The molecule has 138 valence electrons.